The van der Waals surface area contributed by atoms with E-state index in [0.29, 0.717) is 6.07 Å². The van der Waals surface area contributed by atoms with Crippen molar-refractivity contribution in [2.45, 2.75) is 18.0 Å². The van der Waals surface area contributed by atoms with Crippen LogP contribution >= 0.6 is 0 Å². The maximum Gasteiger partial charge on any atom is 0.244 e. The molecule has 1 aromatic carbocycles. The third kappa shape index (κ3) is 2.98. The Hall–Kier alpha value is -1.91. The number of aliphatic hydroxyl groups excluding tert-OH is 1. The van der Waals surface area contributed by atoms with Gasteiger partial charge in [0, 0.05) is 0 Å². The first-order chi connectivity index (χ1) is 9.44. The molecule has 7 nitrogen and oxygen atoms in total. The van der Waals surface area contributed by atoms with Gasteiger partial charge in [-0.3, -0.25) is 0 Å². The lowest BCUT2D eigenvalue weighted by Crippen LogP contribution is -2.25. The monoisotopic (exact) mass is 305 g/mol. The molecule has 0 bridgehead atoms. The standard InChI is InChI=1S/C10H9F2N3O4S/c11-7-1-6(4-16)2-8(10(7)12)20(17,18)14-3-9-13-5-19-15-9/h1-2,5,14,16H,3-4H2. The minimum absolute atomic E-state index is 0.0350. The summed E-state index contributed by atoms with van der Waals surface area (Å²) >= 11 is 0. The van der Waals surface area contributed by atoms with Crippen molar-refractivity contribution < 1.29 is 26.8 Å². The van der Waals surface area contributed by atoms with Crippen LogP contribution in [-0.4, -0.2) is 23.7 Å². The molecule has 1 heterocycles. The van der Waals surface area contributed by atoms with E-state index in [1.807, 2.05) is 4.72 Å². The number of hydrogen-bond acceptors (Lipinski definition) is 6. The summed E-state index contributed by atoms with van der Waals surface area (Å²) in [6.45, 7) is -0.964. The Morgan fingerprint density at radius 2 is 2.10 bits per heavy atom. The number of rotatable bonds is 5. The summed E-state index contributed by atoms with van der Waals surface area (Å²) in [6, 6.07) is 1.56. The van der Waals surface area contributed by atoms with Gasteiger partial charge in [-0.15, -0.1) is 0 Å². The zero-order valence-corrected chi connectivity index (χ0v) is 10.7. The minimum Gasteiger partial charge on any atom is -0.392 e. The second-order valence-electron chi connectivity index (χ2n) is 3.72. The summed E-state index contributed by atoms with van der Waals surface area (Å²) < 4.78 is 57.0. The average molecular weight is 305 g/mol. The molecule has 0 saturated heterocycles. The zero-order chi connectivity index (χ0) is 14.8. The van der Waals surface area contributed by atoms with Crippen LogP contribution in [0.25, 0.3) is 0 Å². The molecule has 2 N–H and O–H groups in total. The molecule has 1 aromatic heterocycles. The summed E-state index contributed by atoms with van der Waals surface area (Å²) in [5.74, 6) is -2.85. The van der Waals surface area contributed by atoms with Crippen LogP contribution in [0.3, 0.4) is 0 Å². The van der Waals surface area contributed by atoms with Gasteiger partial charge in [0.2, 0.25) is 16.4 Å². The van der Waals surface area contributed by atoms with Gasteiger partial charge in [0.1, 0.15) is 4.90 Å². The van der Waals surface area contributed by atoms with E-state index in [1.165, 1.54) is 0 Å². The molecule has 0 spiro atoms. The Kier molecular flexibility index (Phi) is 4.06. The number of sulfonamides is 1. The summed E-state index contributed by atoms with van der Waals surface area (Å²) in [5.41, 5.74) is -0.0659. The third-order valence-corrected chi connectivity index (χ3v) is 3.75. The minimum atomic E-state index is -4.32. The molecule has 0 saturated carbocycles. The van der Waals surface area contributed by atoms with Crippen LogP contribution in [0.5, 0.6) is 0 Å². The fraction of sp³-hybridized carbons (Fsp3) is 0.200. The molecule has 0 aliphatic heterocycles. The van der Waals surface area contributed by atoms with Gasteiger partial charge in [-0.25, -0.2) is 21.9 Å². The number of nitrogens with one attached hydrogen (secondary N) is 1. The zero-order valence-electron chi connectivity index (χ0n) is 9.88. The highest BCUT2D eigenvalue weighted by molar-refractivity contribution is 7.89. The van der Waals surface area contributed by atoms with Gasteiger partial charge < -0.3 is 9.63 Å². The summed E-state index contributed by atoms with van der Waals surface area (Å²) in [6.07, 6.45) is 0.996. The van der Waals surface area contributed by atoms with E-state index in [2.05, 4.69) is 14.7 Å². The number of halogens is 2. The number of benzene rings is 1. The maximum absolute atomic E-state index is 13.6. The Morgan fingerprint density at radius 1 is 1.35 bits per heavy atom. The van der Waals surface area contributed by atoms with Crippen molar-refractivity contribution in [3.63, 3.8) is 0 Å². The van der Waals surface area contributed by atoms with Crippen LogP contribution in [0.15, 0.2) is 27.9 Å². The Bertz CT molecular complexity index is 704. The maximum atomic E-state index is 13.6. The highest BCUT2D eigenvalue weighted by Crippen LogP contribution is 2.20. The van der Waals surface area contributed by atoms with Gasteiger partial charge in [-0.2, -0.15) is 4.98 Å². The molecule has 0 aliphatic carbocycles. The van der Waals surface area contributed by atoms with Crippen molar-refractivity contribution >= 4 is 10.0 Å². The van der Waals surface area contributed by atoms with Crippen LogP contribution in [0.4, 0.5) is 8.78 Å². The van der Waals surface area contributed by atoms with Crippen molar-refractivity contribution in [1.82, 2.24) is 14.9 Å². The average Bonchev–Trinajstić information content (AvgIpc) is 2.92. The number of aliphatic hydroxyl groups is 1. The van der Waals surface area contributed by atoms with Gasteiger partial charge in [0.05, 0.1) is 13.2 Å². The highest BCUT2D eigenvalue weighted by Gasteiger charge is 2.23. The Balaban J connectivity index is 2.31. The molecule has 0 radical (unpaired) electrons. The molecule has 10 heteroatoms. The summed E-state index contributed by atoms with van der Waals surface area (Å²) in [7, 11) is -4.32. The van der Waals surface area contributed by atoms with Crippen molar-refractivity contribution in [2.24, 2.45) is 0 Å². The molecule has 108 valence electrons. The molecular weight excluding hydrogens is 296 g/mol. The van der Waals surface area contributed by atoms with Crippen LogP contribution in [-0.2, 0) is 23.2 Å². The molecule has 0 unspecified atom stereocenters. The molecule has 20 heavy (non-hydrogen) atoms. The Morgan fingerprint density at radius 3 is 2.70 bits per heavy atom. The normalized spacial score (nSPS) is 11.8. The quantitative estimate of drug-likeness (QED) is 0.824. The molecule has 0 atom stereocenters. The lowest BCUT2D eigenvalue weighted by atomic mass is 10.2. The summed E-state index contributed by atoms with van der Waals surface area (Å²) in [4.78, 5) is 2.68. The number of hydrogen-bond donors (Lipinski definition) is 2. The van der Waals surface area contributed by atoms with Crippen molar-refractivity contribution in [3.8, 4) is 0 Å². The molecule has 2 aromatic rings. The van der Waals surface area contributed by atoms with Gasteiger partial charge in [-0.1, -0.05) is 5.16 Å². The van der Waals surface area contributed by atoms with Gasteiger partial charge >= 0.3 is 0 Å². The first-order valence-electron chi connectivity index (χ1n) is 5.27. The predicted molar refractivity (Wildman–Crippen MR) is 60.6 cm³/mol. The van der Waals surface area contributed by atoms with Gasteiger partial charge in [0.15, 0.2) is 17.5 Å². The van der Waals surface area contributed by atoms with Gasteiger partial charge in [0.25, 0.3) is 0 Å². The summed E-state index contributed by atoms with van der Waals surface area (Å²) in [5, 5.41) is 12.3. The second kappa shape index (κ2) is 5.61. The molecular formula is C10H9F2N3O4S. The van der Waals surface area contributed by atoms with E-state index in [-0.39, 0.29) is 17.9 Å². The van der Waals surface area contributed by atoms with Crippen molar-refractivity contribution in [3.05, 3.63) is 41.5 Å². The first kappa shape index (κ1) is 14.5. The van der Waals surface area contributed by atoms with Crippen LogP contribution in [0.1, 0.15) is 11.4 Å². The molecule has 2 rings (SSSR count). The van der Waals surface area contributed by atoms with Crippen molar-refractivity contribution in [2.75, 3.05) is 0 Å². The SMILES string of the molecule is O=S(=O)(NCc1ncon1)c1cc(CO)cc(F)c1F. The fourth-order valence-corrected chi connectivity index (χ4v) is 2.53. The lowest BCUT2D eigenvalue weighted by molar-refractivity contribution is 0.280. The van der Waals surface area contributed by atoms with E-state index < -0.39 is 33.2 Å². The molecule has 0 aliphatic rings. The van der Waals surface area contributed by atoms with Crippen LogP contribution < -0.4 is 4.72 Å². The number of nitrogens with zero attached hydrogens (tertiary/aromatic N) is 2. The van der Waals surface area contributed by atoms with E-state index in [0.717, 1.165) is 12.5 Å². The van der Waals surface area contributed by atoms with Crippen LogP contribution in [0.2, 0.25) is 0 Å². The predicted octanol–water partition coefficient (Wildman–Crippen LogP) is 0.319. The number of aromatic nitrogens is 2. The smallest absolute Gasteiger partial charge is 0.244 e. The molecule has 0 fully saturated rings. The topological polar surface area (TPSA) is 105 Å². The largest absolute Gasteiger partial charge is 0.392 e. The third-order valence-electron chi connectivity index (χ3n) is 2.35. The second-order valence-corrected chi connectivity index (χ2v) is 5.46. The fourth-order valence-electron chi connectivity index (χ4n) is 1.41. The van der Waals surface area contributed by atoms with Crippen molar-refractivity contribution in [1.29, 1.82) is 0 Å². The van der Waals surface area contributed by atoms with E-state index in [1.54, 1.807) is 0 Å². The lowest BCUT2D eigenvalue weighted by Gasteiger charge is -2.08. The van der Waals surface area contributed by atoms with Crippen LogP contribution in [0, 0.1) is 11.6 Å². The van der Waals surface area contributed by atoms with E-state index in [4.69, 9.17) is 5.11 Å². The highest BCUT2D eigenvalue weighted by atomic mass is 32.2. The molecule has 0 amide bonds. The Labute approximate surface area is 112 Å². The van der Waals surface area contributed by atoms with E-state index in [9.17, 15) is 17.2 Å². The first-order valence-corrected chi connectivity index (χ1v) is 6.76. The van der Waals surface area contributed by atoms with Gasteiger partial charge in [-0.05, 0) is 17.7 Å². The van der Waals surface area contributed by atoms with E-state index >= 15 is 0 Å².